The van der Waals surface area contributed by atoms with Crippen molar-refractivity contribution in [1.82, 2.24) is 10.3 Å². The second kappa shape index (κ2) is 9.99. The summed E-state index contributed by atoms with van der Waals surface area (Å²) >= 11 is 0. The highest BCUT2D eigenvalue weighted by molar-refractivity contribution is 5.93. The fraction of sp³-hybridized carbons (Fsp3) is 0.333. The van der Waals surface area contributed by atoms with Gasteiger partial charge in [0.05, 0.1) is 12.6 Å². The Balaban J connectivity index is 1.58. The van der Waals surface area contributed by atoms with Gasteiger partial charge in [0, 0.05) is 12.1 Å². The first-order chi connectivity index (χ1) is 15.9. The Bertz CT molecular complexity index is 1100. The van der Waals surface area contributed by atoms with Crippen LogP contribution >= 0.6 is 0 Å². The van der Waals surface area contributed by atoms with Crippen LogP contribution in [0.2, 0.25) is 0 Å². The highest BCUT2D eigenvalue weighted by Crippen LogP contribution is 2.37. The number of halogens is 2. The summed E-state index contributed by atoms with van der Waals surface area (Å²) in [6.07, 6.45) is 2.09. The maximum atomic E-state index is 12.8. The standard InChI is InChI=1S/C24H25F2N3O4/c1-14(27)21-20(22(30)28-12-15-5-3-2-4-6-15)29-23(33-21)17-9-10-18(32-24(25)26)19(11-17)31-13-16-7-8-16/h2-6,9-11,14,16,24H,7-8,12-13,27H2,1H3,(H,28,30)/t14-/m0/s1. The van der Waals surface area contributed by atoms with Gasteiger partial charge in [-0.25, -0.2) is 4.98 Å². The molecule has 0 bridgehead atoms. The molecule has 174 valence electrons. The van der Waals surface area contributed by atoms with Crippen LogP contribution in [0.25, 0.3) is 11.5 Å². The van der Waals surface area contributed by atoms with Gasteiger partial charge >= 0.3 is 6.61 Å². The van der Waals surface area contributed by atoms with E-state index in [9.17, 15) is 13.6 Å². The number of aromatic nitrogens is 1. The summed E-state index contributed by atoms with van der Waals surface area (Å²) in [6, 6.07) is 13.3. The normalized spacial score (nSPS) is 14.2. The molecular weight excluding hydrogens is 432 g/mol. The van der Waals surface area contributed by atoms with Gasteiger partial charge in [0.1, 0.15) is 0 Å². The summed E-state index contributed by atoms with van der Waals surface area (Å²) < 4.78 is 41.7. The molecule has 0 spiro atoms. The van der Waals surface area contributed by atoms with Gasteiger partial charge in [0.15, 0.2) is 23.0 Å². The van der Waals surface area contributed by atoms with E-state index in [0.29, 0.717) is 24.6 Å². The molecule has 3 aromatic rings. The van der Waals surface area contributed by atoms with E-state index in [2.05, 4.69) is 15.0 Å². The molecule has 2 aromatic carbocycles. The molecule has 0 saturated heterocycles. The molecule has 3 N–H and O–H groups in total. The average molecular weight is 457 g/mol. The quantitative estimate of drug-likeness (QED) is 0.459. The number of carbonyl (C=O) groups excluding carboxylic acids is 1. The number of amides is 1. The minimum atomic E-state index is -2.98. The van der Waals surface area contributed by atoms with Crippen LogP contribution in [0.3, 0.4) is 0 Å². The molecule has 9 heteroatoms. The van der Waals surface area contributed by atoms with Crippen LogP contribution in [0.5, 0.6) is 11.5 Å². The molecule has 33 heavy (non-hydrogen) atoms. The lowest BCUT2D eigenvalue weighted by atomic mass is 10.2. The van der Waals surface area contributed by atoms with Gasteiger partial charge in [-0.05, 0) is 49.4 Å². The van der Waals surface area contributed by atoms with Crippen molar-refractivity contribution in [2.24, 2.45) is 11.7 Å². The largest absolute Gasteiger partial charge is 0.489 e. The second-order valence-corrected chi connectivity index (χ2v) is 7.98. The van der Waals surface area contributed by atoms with Crippen LogP contribution < -0.4 is 20.5 Å². The van der Waals surface area contributed by atoms with Crippen LogP contribution in [0.15, 0.2) is 52.9 Å². The van der Waals surface area contributed by atoms with Crippen molar-refractivity contribution < 1.29 is 27.5 Å². The van der Waals surface area contributed by atoms with Gasteiger partial charge < -0.3 is 24.9 Å². The molecule has 4 rings (SSSR count). The van der Waals surface area contributed by atoms with E-state index in [0.717, 1.165) is 18.4 Å². The van der Waals surface area contributed by atoms with E-state index in [-0.39, 0.29) is 28.8 Å². The Morgan fingerprint density at radius 3 is 2.64 bits per heavy atom. The third-order valence-corrected chi connectivity index (χ3v) is 5.16. The Kier molecular flexibility index (Phi) is 6.88. The van der Waals surface area contributed by atoms with Crippen LogP contribution in [-0.2, 0) is 6.54 Å². The fourth-order valence-corrected chi connectivity index (χ4v) is 3.23. The maximum absolute atomic E-state index is 12.8. The van der Waals surface area contributed by atoms with Crippen molar-refractivity contribution in [2.45, 2.75) is 39.0 Å². The van der Waals surface area contributed by atoms with Crippen LogP contribution in [0.1, 0.15) is 47.6 Å². The predicted molar refractivity (Wildman–Crippen MR) is 117 cm³/mol. The van der Waals surface area contributed by atoms with Crippen molar-refractivity contribution in [3.63, 3.8) is 0 Å². The smallest absolute Gasteiger partial charge is 0.387 e. The van der Waals surface area contributed by atoms with Gasteiger partial charge in [0.2, 0.25) is 5.89 Å². The Morgan fingerprint density at radius 1 is 1.21 bits per heavy atom. The fourth-order valence-electron chi connectivity index (χ4n) is 3.23. The zero-order valence-electron chi connectivity index (χ0n) is 18.1. The molecule has 0 radical (unpaired) electrons. The number of carbonyl (C=O) groups is 1. The van der Waals surface area contributed by atoms with E-state index >= 15 is 0 Å². The Hall–Kier alpha value is -3.46. The van der Waals surface area contributed by atoms with Crippen molar-refractivity contribution in [3.8, 4) is 23.0 Å². The molecule has 0 unspecified atom stereocenters. The van der Waals surface area contributed by atoms with Crippen LogP contribution in [-0.4, -0.2) is 24.1 Å². The van der Waals surface area contributed by atoms with Crippen LogP contribution in [0, 0.1) is 5.92 Å². The zero-order valence-corrected chi connectivity index (χ0v) is 18.1. The molecule has 0 aliphatic heterocycles. The molecule has 1 saturated carbocycles. The number of ether oxygens (including phenoxy) is 2. The summed E-state index contributed by atoms with van der Waals surface area (Å²) in [5.41, 5.74) is 7.46. The number of benzene rings is 2. The molecule has 1 aliphatic rings. The first kappa shape index (κ1) is 22.7. The maximum Gasteiger partial charge on any atom is 0.387 e. The Morgan fingerprint density at radius 2 is 1.97 bits per heavy atom. The minimum absolute atomic E-state index is 0.0734. The molecule has 1 amide bonds. The second-order valence-electron chi connectivity index (χ2n) is 7.98. The van der Waals surface area contributed by atoms with Crippen molar-refractivity contribution in [1.29, 1.82) is 0 Å². The first-order valence-electron chi connectivity index (χ1n) is 10.7. The van der Waals surface area contributed by atoms with Crippen molar-refractivity contribution in [2.75, 3.05) is 6.61 Å². The van der Waals surface area contributed by atoms with E-state index in [1.54, 1.807) is 6.92 Å². The number of nitrogens with one attached hydrogen (secondary N) is 1. The van der Waals surface area contributed by atoms with Gasteiger partial charge in [0.25, 0.3) is 5.91 Å². The van der Waals surface area contributed by atoms with E-state index in [4.69, 9.17) is 14.9 Å². The van der Waals surface area contributed by atoms with E-state index in [1.165, 1.54) is 18.2 Å². The van der Waals surface area contributed by atoms with Gasteiger partial charge in [-0.2, -0.15) is 8.78 Å². The summed E-state index contributed by atoms with van der Waals surface area (Å²) in [5, 5.41) is 2.81. The highest BCUT2D eigenvalue weighted by Gasteiger charge is 2.26. The number of nitrogens with zero attached hydrogens (tertiary/aromatic N) is 1. The lowest BCUT2D eigenvalue weighted by Gasteiger charge is -2.12. The number of hydrogen-bond acceptors (Lipinski definition) is 6. The molecule has 1 atom stereocenters. The topological polar surface area (TPSA) is 99.6 Å². The molecule has 7 nitrogen and oxygen atoms in total. The summed E-state index contributed by atoms with van der Waals surface area (Å²) in [5.74, 6) is 0.434. The average Bonchev–Trinajstić information content (AvgIpc) is 3.52. The summed E-state index contributed by atoms with van der Waals surface area (Å²) in [4.78, 5) is 17.1. The van der Waals surface area contributed by atoms with E-state index in [1.807, 2.05) is 30.3 Å². The van der Waals surface area contributed by atoms with Crippen molar-refractivity contribution >= 4 is 5.91 Å². The number of oxazole rings is 1. The van der Waals surface area contributed by atoms with E-state index < -0.39 is 18.6 Å². The molecule has 1 aliphatic carbocycles. The van der Waals surface area contributed by atoms with Crippen LogP contribution in [0.4, 0.5) is 8.78 Å². The molecular formula is C24H25F2N3O4. The third-order valence-electron chi connectivity index (χ3n) is 5.16. The SMILES string of the molecule is C[C@H](N)c1oc(-c2ccc(OC(F)F)c(OCC3CC3)c2)nc1C(=O)NCc1ccccc1. The number of rotatable bonds is 10. The number of nitrogens with two attached hydrogens (primary N) is 1. The number of hydrogen-bond donors (Lipinski definition) is 2. The lowest BCUT2D eigenvalue weighted by molar-refractivity contribution is -0.0515. The van der Waals surface area contributed by atoms with Gasteiger partial charge in [-0.1, -0.05) is 30.3 Å². The molecule has 1 fully saturated rings. The number of alkyl halides is 2. The zero-order chi connectivity index (χ0) is 23.4. The highest BCUT2D eigenvalue weighted by atomic mass is 19.3. The molecule has 1 aromatic heterocycles. The summed E-state index contributed by atoms with van der Waals surface area (Å²) in [7, 11) is 0. The third kappa shape index (κ3) is 5.87. The predicted octanol–water partition coefficient (Wildman–Crippen LogP) is 4.68. The van der Waals surface area contributed by atoms with Gasteiger partial charge in [-0.15, -0.1) is 0 Å². The van der Waals surface area contributed by atoms with Gasteiger partial charge in [-0.3, -0.25) is 4.79 Å². The monoisotopic (exact) mass is 457 g/mol. The minimum Gasteiger partial charge on any atom is -0.489 e. The van der Waals surface area contributed by atoms with Crippen molar-refractivity contribution in [3.05, 3.63) is 65.5 Å². The Labute approximate surface area is 189 Å². The molecule has 1 heterocycles. The lowest BCUT2D eigenvalue weighted by Crippen LogP contribution is -2.25. The first-order valence-corrected chi connectivity index (χ1v) is 10.7. The summed E-state index contributed by atoms with van der Waals surface area (Å²) in [6.45, 7) is -0.570.